The van der Waals surface area contributed by atoms with Crippen molar-refractivity contribution in [1.29, 1.82) is 0 Å². The predicted octanol–water partition coefficient (Wildman–Crippen LogP) is 1.39. The highest BCUT2D eigenvalue weighted by Gasteiger charge is 2.24. The molecule has 0 spiro atoms. The summed E-state index contributed by atoms with van der Waals surface area (Å²) in [5.74, 6) is 0.209. The minimum Gasteiger partial charge on any atom is -0.326 e. The summed E-state index contributed by atoms with van der Waals surface area (Å²) in [4.78, 5) is 15.8. The predicted molar refractivity (Wildman–Crippen MR) is 66.7 cm³/mol. The Labute approximate surface area is 99.0 Å². The molecule has 0 radical (unpaired) electrons. The molecule has 17 heavy (non-hydrogen) atoms. The zero-order valence-electron chi connectivity index (χ0n) is 9.31. The van der Waals surface area contributed by atoms with Crippen molar-refractivity contribution in [2.24, 2.45) is 5.92 Å². The lowest BCUT2D eigenvalue weighted by Gasteiger charge is -2.25. The third kappa shape index (κ3) is 1.99. The standard InChI is InChI=1S/C13H13N3O/c17-13(11-7-15-8-11)16-12-2-1-10-6-14-4-3-9(10)5-12/h1-6,11,15H,7-8H2,(H,16,17). The monoisotopic (exact) mass is 227 g/mol. The van der Waals surface area contributed by atoms with Crippen molar-refractivity contribution < 1.29 is 4.79 Å². The molecule has 1 fully saturated rings. The number of aromatic nitrogens is 1. The van der Waals surface area contributed by atoms with E-state index in [0.717, 1.165) is 29.5 Å². The Hall–Kier alpha value is -1.94. The lowest BCUT2D eigenvalue weighted by molar-refractivity contribution is -0.121. The van der Waals surface area contributed by atoms with Crippen molar-refractivity contribution in [1.82, 2.24) is 10.3 Å². The summed E-state index contributed by atoms with van der Waals surface area (Å²) in [6.45, 7) is 1.56. The van der Waals surface area contributed by atoms with E-state index in [1.165, 1.54) is 0 Å². The average molecular weight is 227 g/mol. The second kappa shape index (κ2) is 4.14. The van der Waals surface area contributed by atoms with E-state index in [9.17, 15) is 4.79 Å². The van der Waals surface area contributed by atoms with Gasteiger partial charge in [-0.3, -0.25) is 9.78 Å². The van der Waals surface area contributed by atoms with Gasteiger partial charge >= 0.3 is 0 Å². The maximum atomic E-state index is 11.8. The summed E-state index contributed by atoms with van der Waals surface area (Å²) in [5, 5.41) is 8.19. The Morgan fingerprint density at radius 1 is 1.29 bits per heavy atom. The van der Waals surface area contributed by atoms with Crippen molar-refractivity contribution >= 4 is 22.4 Å². The molecule has 3 rings (SSSR count). The highest BCUT2D eigenvalue weighted by molar-refractivity contribution is 5.96. The number of carbonyl (C=O) groups excluding carboxylic acids is 1. The van der Waals surface area contributed by atoms with Crippen molar-refractivity contribution in [3.8, 4) is 0 Å². The molecule has 1 amide bonds. The van der Waals surface area contributed by atoms with Gasteiger partial charge < -0.3 is 10.6 Å². The highest BCUT2D eigenvalue weighted by Crippen LogP contribution is 2.18. The second-order valence-corrected chi connectivity index (χ2v) is 4.28. The van der Waals surface area contributed by atoms with E-state index < -0.39 is 0 Å². The number of nitrogens with one attached hydrogen (secondary N) is 2. The van der Waals surface area contributed by atoms with Crippen LogP contribution in [0.5, 0.6) is 0 Å². The molecule has 1 aromatic heterocycles. The summed E-state index contributed by atoms with van der Waals surface area (Å²) >= 11 is 0. The maximum absolute atomic E-state index is 11.8. The Kier molecular flexibility index (Phi) is 2.49. The van der Waals surface area contributed by atoms with Crippen LogP contribution in [0.25, 0.3) is 10.8 Å². The van der Waals surface area contributed by atoms with Crippen molar-refractivity contribution in [2.75, 3.05) is 18.4 Å². The zero-order chi connectivity index (χ0) is 11.7. The van der Waals surface area contributed by atoms with Crippen molar-refractivity contribution in [2.45, 2.75) is 0 Å². The van der Waals surface area contributed by atoms with Gasteiger partial charge in [-0.2, -0.15) is 0 Å². The molecule has 1 saturated heterocycles. The Bertz CT molecular complexity index is 563. The van der Waals surface area contributed by atoms with Crippen LogP contribution in [0.1, 0.15) is 0 Å². The number of benzene rings is 1. The summed E-state index contributed by atoms with van der Waals surface area (Å²) < 4.78 is 0. The molecule has 86 valence electrons. The minimum absolute atomic E-state index is 0.0946. The van der Waals surface area contributed by atoms with Gasteiger partial charge in [0.05, 0.1) is 5.92 Å². The normalized spacial score (nSPS) is 15.5. The quantitative estimate of drug-likeness (QED) is 0.815. The van der Waals surface area contributed by atoms with Gasteiger partial charge in [-0.1, -0.05) is 6.07 Å². The smallest absolute Gasteiger partial charge is 0.230 e. The van der Waals surface area contributed by atoms with Gasteiger partial charge in [0, 0.05) is 36.6 Å². The number of anilines is 1. The van der Waals surface area contributed by atoms with E-state index in [-0.39, 0.29) is 11.8 Å². The maximum Gasteiger partial charge on any atom is 0.230 e. The third-order valence-electron chi connectivity index (χ3n) is 3.06. The number of hydrogen-bond donors (Lipinski definition) is 2. The number of hydrogen-bond acceptors (Lipinski definition) is 3. The van der Waals surface area contributed by atoms with E-state index in [2.05, 4.69) is 15.6 Å². The summed E-state index contributed by atoms with van der Waals surface area (Å²) in [7, 11) is 0. The van der Waals surface area contributed by atoms with E-state index in [1.807, 2.05) is 30.5 Å². The van der Waals surface area contributed by atoms with Gasteiger partial charge in [-0.05, 0) is 23.6 Å². The van der Waals surface area contributed by atoms with E-state index in [1.54, 1.807) is 6.20 Å². The van der Waals surface area contributed by atoms with Crippen molar-refractivity contribution in [3.63, 3.8) is 0 Å². The van der Waals surface area contributed by atoms with E-state index in [4.69, 9.17) is 0 Å². The third-order valence-corrected chi connectivity index (χ3v) is 3.06. The first-order chi connectivity index (χ1) is 8.33. The molecule has 2 aromatic rings. The number of fused-ring (bicyclic) bond motifs is 1. The molecule has 4 heteroatoms. The molecule has 1 aliphatic rings. The van der Waals surface area contributed by atoms with Gasteiger partial charge in [0.15, 0.2) is 0 Å². The van der Waals surface area contributed by atoms with Crippen LogP contribution < -0.4 is 10.6 Å². The van der Waals surface area contributed by atoms with Crippen LogP contribution >= 0.6 is 0 Å². The molecule has 2 N–H and O–H groups in total. The van der Waals surface area contributed by atoms with E-state index >= 15 is 0 Å². The molecule has 0 aliphatic carbocycles. The molecule has 1 aromatic carbocycles. The van der Waals surface area contributed by atoms with Crippen LogP contribution in [0.2, 0.25) is 0 Å². The van der Waals surface area contributed by atoms with Crippen LogP contribution in [0.3, 0.4) is 0 Å². The Morgan fingerprint density at radius 3 is 2.94 bits per heavy atom. The fourth-order valence-corrected chi connectivity index (χ4v) is 1.88. The number of pyridine rings is 1. The first-order valence-corrected chi connectivity index (χ1v) is 5.68. The van der Waals surface area contributed by atoms with Crippen LogP contribution in [0.15, 0.2) is 36.7 Å². The molecule has 1 aliphatic heterocycles. The van der Waals surface area contributed by atoms with Gasteiger partial charge in [-0.25, -0.2) is 0 Å². The van der Waals surface area contributed by atoms with E-state index in [0.29, 0.717) is 0 Å². The largest absolute Gasteiger partial charge is 0.326 e. The first kappa shape index (κ1) is 10.2. The lowest BCUT2D eigenvalue weighted by Crippen LogP contribution is -2.48. The SMILES string of the molecule is O=C(Nc1ccc2cnccc2c1)C1CNC1. The Balaban J connectivity index is 1.82. The number of rotatable bonds is 2. The molecule has 0 bridgehead atoms. The minimum atomic E-state index is 0.0946. The second-order valence-electron chi connectivity index (χ2n) is 4.28. The zero-order valence-corrected chi connectivity index (χ0v) is 9.31. The van der Waals surface area contributed by atoms with Crippen LogP contribution in [-0.2, 0) is 4.79 Å². The molecule has 0 atom stereocenters. The molecule has 2 heterocycles. The van der Waals surface area contributed by atoms with Gasteiger partial charge in [0.25, 0.3) is 0 Å². The number of amides is 1. The molecule has 0 unspecified atom stereocenters. The number of carbonyl (C=O) groups is 1. The first-order valence-electron chi connectivity index (χ1n) is 5.68. The highest BCUT2D eigenvalue weighted by atomic mass is 16.2. The lowest BCUT2D eigenvalue weighted by atomic mass is 10.0. The summed E-state index contributed by atoms with van der Waals surface area (Å²) in [5.41, 5.74) is 0.848. The fourth-order valence-electron chi connectivity index (χ4n) is 1.88. The molecule has 4 nitrogen and oxygen atoms in total. The fraction of sp³-hybridized carbons (Fsp3) is 0.231. The Morgan fingerprint density at radius 2 is 2.18 bits per heavy atom. The summed E-state index contributed by atoms with van der Waals surface area (Å²) in [6, 6.07) is 7.79. The van der Waals surface area contributed by atoms with Gasteiger partial charge in [0.1, 0.15) is 0 Å². The van der Waals surface area contributed by atoms with Crippen LogP contribution in [0.4, 0.5) is 5.69 Å². The van der Waals surface area contributed by atoms with Crippen LogP contribution in [0, 0.1) is 5.92 Å². The van der Waals surface area contributed by atoms with Crippen LogP contribution in [-0.4, -0.2) is 24.0 Å². The van der Waals surface area contributed by atoms with Crippen molar-refractivity contribution in [3.05, 3.63) is 36.7 Å². The topological polar surface area (TPSA) is 54.0 Å². The average Bonchev–Trinajstić information content (AvgIpc) is 2.26. The van der Waals surface area contributed by atoms with Gasteiger partial charge in [0.2, 0.25) is 5.91 Å². The molecular formula is C13H13N3O. The van der Waals surface area contributed by atoms with Gasteiger partial charge in [-0.15, -0.1) is 0 Å². The molecular weight excluding hydrogens is 214 g/mol. The summed E-state index contributed by atoms with van der Waals surface area (Å²) in [6.07, 6.45) is 3.57. The molecule has 0 saturated carbocycles. The number of nitrogens with zero attached hydrogens (tertiary/aromatic N) is 1.